The summed E-state index contributed by atoms with van der Waals surface area (Å²) in [7, 11) is 2.33. The SMILES string of the molecule is CCC(C)C.CCC=CCC1CC=CC(c2cc(F)c(F)cc2N(C)c2ccccc2N)=C1C.CF. The van der Waals surface area contributed by atoms with Crippen molar-refractivity contribution in [2.24, 2.45) is 11.8 Å². The van der Waals surface area contributed by atoms with E-state index in [2.05, 4.69) is 52.8 Å². The van der Waals surface area contributed by atoms with Gasteiger partial charge in [0.1, 0.15) is 0 Å². The second kappa shape index (κ2) is 15.9. The Hall–Kier alpha value is -2.95. The van der Waals surface area contributed by atoms with E-state index in [-0.39, 0.29) is 0 Å². The molecule has 0 aliphatic heterocycles. The lowest BCUT2D eigenvalue weighted by Crippen LogP contribution is -2.15. The number of halogens is 3. The maximum Gasteiger partial charge on any atom is 0.160 e. The van der Waals surface area contributed by atoms with Gasteiger partial charge in [-0.15, -0.1) is 0 Å². The molecule has 0 radical (unpaired) electrons. The van der Waals surface area contributed by atoms with E-state index in [9.17, 15) is 13.2 Å². The highest BCUT2D eigenvalue weighted by Crippen LogP contribution is 2.40. The number of allylic oxidation sites excluding steroid dienone is 6. The molecule has 2 aromatic carbocycles. The van der Waals surface area contributed by atoms with Crippen LogP contribution in [0.5, 0.6) is 0 Å². The Morgan fingerprint density at radius 1 is 1.03 bits per heavy atom. The van der Waals surface area contributed by atoms with Crippen molar-refractivity contribution >= 4 is 22.6 Å². The van der Waals surface area contributed by atoms with E-state index in [1.54, 1.807) is 6.07 Å². The predicted octanol–water partition coefficient (Wildman–Crippen LogP) is 9.66. The Morgan fingerprint density at radius 3 is 2.22 bits per heavy atom. The van der Waals surface area contributed by atoms with Gasteiger partial charge in [-0.25, -0.2) is 8.78 Å². The molecule has 2 aromatic rings. The number of nitrogens with zero attached hydrogens (tertiary/aromatic N) is 1. The fraction of sp³-hybridized carbons (Fsp3) is 0.419. The first-order valence-corrected chi connectivity index (χ1v) is 12.7. The van der Waals surface area contributed by atoms with E-state index in [4.69, 9.17) is 5.73 Å². The highest BCUT2D eigenvalue weighted by Gasteiger charge is 2.22. The van der Waals surface area contributed by atoms with Crippen LogP contribution in [0.2, 0.25) is 0 Å². The van der Waals surface area contributed by atoms with Crippen LogP contribution in [0, 0.1) is 23.5 Å². The summed E-state index contributed by atoms with van der Waals surface area (Å²) in [5, 5.41) is 0. The Balaban J connectivity index is 0.000000826. The van der Waals surface area contributed by atoms with Gasteiger partial charge in [-0.3, -0.25) is 4.39 Å². The zero-order chi connectivity index (χ0) is 27.3. The average molecular weight is 501 g/mol. The van der Waals surface area contributed by atoms with Crippen LogP contribution < -0.4 is 10.6 Å². The minimum atomic E-state index is -0.870. The zero-order valence-corrected chi connectivity index (χ0v) is 22.9. The van der Waals surface area contributed by atoms with Crippen molar-refractivity contribution in [1.82, 2.24) is 0 Å². The molecule has 198 valence electrons. The number of nitrogens with two attached hydrogens (primary N) is 1. The first-order chi connectivity index (χ1) is 17.2. The van der Waals surface area contributed by atoms with Crippen LogP contribution in [0.25, 0.3) is 5.57 Å². The number of alkyl halides is 1. The highest BCUT2D eigenvalue weighted by molar-refractivity contribution is 5.88. The molecule has 3 rings (SSSR count). The molecular formula is C31H43F3N2. The van der Waals surface area contributed by atoms with Crippen LogP contribution in [-0.4, -0.2) is 14.2 Å². The normalized spacial score (nSPS) is 14.9. The second-order valence-electron chi connectivity index (χ2n) is 9.25. The molecule has 0 saturated carbocycles. The molecule has 2 nitrogen and oxygen atoms in total. The monoisotopic (exact) mass is 500 g/mol. The van der Waals surface area contributed by atoms with Gasteiger partial charge in [0.05, 0.1) is 24.2 Å². The van der Waals surface area contributed by atoms with E-state index >= 15 is 0 Å². The van der Waals surface area contributed by atoms with Crippen molar-refractivity contribution in [2.75, 3.05) is 24.9 Å². The van der Waals surface area contributed by atoms with Crippen LogP contribution >= 0.6 is 0 Å². The van der Waals surface area contributed by atoms with Gasteiger partial charge in [0.2, 0.25) is 0 Å². The number of rotatable bonds is 7. The smallest absolute Gasteiger partial charge is 0.160 e. The number of hydrogen-bond donors (Lipinski definition) is 1. The molecule has 0 saturated heterocycles. The van der Waals surface area contributed by atoms with E-state index in [0.29, 0.717) is 30.0 Å². The molecule has 0 spiro atoms. The molecule has 0 fully saturated rings. The van der Waals surface area contributed by atoms with Gasteiger partial charge in [-0.1, -0.05) is 76.1 Å². The Bertz CT molecular complexity index is 1040. The largest absolute Gasteiger partial charge is 0.397 e. The third-order valence-electron chi connectivity index (χ3n) is 6.37. The van der Waals surface area contributed by atoms with E-state index in [1.165, 1.54) is 24.1 Å². The van der Waals surface area contributed by atoms with Gasteiger partial charge < -0.3 is 10.6 Å². The third kappa shape index (κ3) is 8.61. The van der Waals surface area contributed by atoms with E-state index < -0.39 is 11.6 Å². The van der Waals surface area contributed by atoms with Gasteiger partial charge in [0.25, 0.3) is 0 Å². The fourth-order valence-corrected chi connectivity index (χ4v) is 3.83. The quantitative estimate of drug-likeness (QED) is 0.303. The molecular weight excluding hydrogens is 457 g/mol. The van der Waals surface area contributed by atoms with Crippen molar-refractivity contribution in [3.05, 3.63) is 83.5 Å². The lowest BCUT2D eigenvalue weighted by atomic mass is 9.82. The molecule has 1 aliphatic carbocycles. The lowest BCUT2D eigenvalue weighted by molar-refractivity contribution is 0.508. The van der Waals surface area contributed by atoms with Crippen LogP contribution in [0.15, 0.2) is 66.3 Å². The zero-order valence-electron chi connectivity index (χ0n) is 22.9. The first-order valence-electron chi connectivity index (χ1n) is 12.7. The maximum absolute atomic E-state index is 14.3. The molecule has 2 N–H and O–H groups in total. The molecule has 0 aromatic heterocycles. The minimum absolute atomic E-state index is 0.353. The van der Waals surface area contributed by atoms with Crippen molar-refractivity contribution in [2.45, 2.75) is 60.3 Å². The summed E-state index contributed by atoms with van der Waals surface area (Å²) in [5.41, 5.74) is 10.9. The molecule has 0 bridgehead atoms. The summed E-state index contributed by atoms with van der Waals surface area (Å²) in [6.07, 6.45) is 12.7. The number of hydrogen-bond acceptors (Lipinski definition) is 2. The van der Waals surface area contributed by atoms with Crippen molar-refractivity contribution in [3.8, 4) is 0 Å². The van der Waals surface area contributed by atoms with Crippen molar-refractivity contribution in [1.29, 1.82) is 0 Å². The van der Waals surface area contributed by atoms with Crippen LogP contribution in [0.1, 0.15) is 65.9 Å². The van der Waals surface area contributed by atoms with Crippen molar-refractivity contribution < 1.29 is 13.2 Å². The van der Waals surface area contributed by atoms with E-state index in [0.717, 1.165) is 36.4 Å². The minimum Gasteiger partial charge on any atom is -0.397 e. The van der Waals surface area contributed by atoms with Crippen LogP contribution in [-0.2, 0) is 0 Å². The molecule has 36 heavy (non-hydrogen) atoms. The third-order valence-corrected chi connectivity index (χ3v) is 6.37. The van der Waals surface area contributed by atoms with Gasteiger partial charge in [0, 0.05) is 18.7 Å². The highest BCUT2D eigenvalue weighted by atomic mass is 19.2. The van der Waals surface area contributed by atoms with Gasteiger partial charge in [-0.05, 0) is 61.8 Å². The number of benzene rings is 2. The van der Waals surface area contributed by atoms with Gasteiger partial charge in [0.15, 0.2) is 11.6 Å². The Kier molecular flexibility index (Phi) is 13.7. The Morgan fingerprint density at radius 2 is 1.64 bits per heavy atom. The molecule has 0 heterocycles. The van der Waals surface area contributed by atoms with Gasteiger partial charge in [-0.2, -0.15) is 0 Å². The number of para-hydroxylation sites is 2. The molecule has 5 heteroatoms. The predicted molar refractivity (Wildman–Crippen MR) is 151 cm³/mol. The summed E-state index contributed by atoms with van der Waals surface area (Å²) in [5.74, 6) is -0.480. The summed E-state index contributed by atoms with van der Waals surface area (Å²) < 4.78 is 38.0. The molecule has 1 atom stereocenters. The summed E-state index contributed by atoms with van der Waals surface area (Å²) in [4.78, 5) is 1.82. The summed E-state index contributed by atoms with van der Waals surface area (Å²) in [6.45, 7) is 10.8. The average Bonchev–Trinajstić information content (AvgIpc) is 2.88. The van der Waals surface area contributed by atoms with Crippen molar-refractivity contribution in [3.63, 3.8) is 0 Å². The van der Waals surface area contributed by atoms with Gasteiger partial charge >= 0.3 is 0 Å². The number of nitrogen functional groups attached to an aromatic ring is 1. The topological polar surface area (TPSA) is 29.3 Å². The molecule has 1 unspecified atom stereocenters. The molecule has 1 aliphatic rings. The van der Waals surface area contributed by atoms with Crippen LogP contribution in [0.4, 0.5) is 30.2 Å². The summed E-state index contributed by atoms with van der Waals surface area (Å²) in [6, 6.07) is 9.95. The first kappa shape index (κ1) is 31.1. The van der Waals surface area contributed by atoms with Crippen LogP contribution in [0.3, 0.4) is 0 Å². The van der Waals surface area contributed by atoms with E-state index in [1.807, 2.05) is 36.2 Å². The summed E-state index contributed by atoms with van der Waals surface area (Å²) >= 11 is 0. The maximum atomic E-state index is 14.3. The Labute approximate surface area is 216 Å². The number of anilines is 3. The standard InChI is InChI=1S/C25H28F2N2.C5H12.CH3F/c1-4-5-6-10-18-11-9-12-19(17(18)2)20-15-21(26)22(27)16-25(20)29(3)24-14-8-7-13-23(24)28;1-4-5(2)3;1-2/h5-9,12-16,18H,4,10-11,28H2,1-3H3;5H,4H2,1-3H3;1H3. The second-order valence-corrected chi connectivity index (χ2v) is 9.25. The lowest BCUT2D eigenvalue weighted by Gasteiger charge is -2.28. The fourth-order valence-electron chi connectivity index (χ4n) is 3.83. The molecule has 0 amide bonds.